The molecule has 15 heavy (non-hydrogen) atoms. The molecule has 0 spiro atoms. The van der Waals surface area contributed by atoms with Crippen molar-refractivity contribution in [1.82, 2.24) is 5.32 Å². The van der Waals surface area contributed by atoms with E-state index in [2.05, 4.69) is 19.2 Å². The number of rotatable bonds is 8. The largest absolute Gasteiger partial charge is 0.314 e. The lowest BCUT2D eigenvalue weighted by atomic mass is 9.97. The van der Waals surface area contributed by atoms with Gasteiger partial charge < -0.3 is 5.32 Å². The van der Waals surface area contributed by atoms with Gasteiger partial charge in [0, 0.05) is 6.04 Å². The Balaban J connectivity index is 1.61. The van der Waals surface area contributed by atoms with E-state index in [1.165, 1.54) is 51.5 Å². The van der Waals surface area contributed by atoms with Crippen LogP contribution in [0.5, 0.6) is 0 Å². The molecule has 1 unspecified atom stereocenters. The van der Waals surface area contributed by atoms with E-state index < -0.39 is 0 Å². The first-order valence-corrected chi connectivity index (χ1v) is 7.04. The normalized spacial score (nSPS) is 23.4. The highest BCUT2D eigenvalue weighted by molar-refractivity contribution is 4.92. The molecule has 1 N–H and O–H groups in total. The molecule has 2 aliphatic rings. The SMILES string of the molecule is CCCCC(C)NCC(C1CC1)C1CC1. The van der Waals surface area contributed by atoms with Crippen molar-refractivity contribution in [3.05, 3.63) is 0 Å². The van der Waals surface area contributed by atoms with Crippen LogP contribution in [0.1, 0.15) is 58.8 Å². The topological polar surface area (TPSA) is 12.0 Å². The Morgan fingerprint density at radius 1 is 1.13 bits per heavy atom. The quantitative estimate of drug-likeness (QED) is 0.644. The van der Waals surface area contributed by atoms with Gasteiger partial charge in [0.15, 0.2) is 0 Å². The average Bonchev–Trinajstić information content (AvgIpc) is 3.05. The van der Waals surface area contributed by atoms with Crippen LogP contribution in [-0.2, 0) is 0 Å². The molecule has 0 radical (unpaired) electrons. The molecule has 2 fully saturated rings. The summed E-state index contributed by atoms with van der Waals surface area (Å²) in [6.07, 6.45) is 10.2. The minimum Gasteiger partial charge on any atom is -0.314 e. The maximum absolute atomic E-state index is 3.76. The van der Waals surface area contributed by atoms with E-state index in [-0.39, 0.29) is 0 Å². The third kappa shape index (κ3) is 3.79. The molecule has 88 valence electrons. The molecule has 1 heteroatoms. The van der Waals surface area contributed by atoms with Gasteiger partial charge in [0.05, 0.1) is 0 Å². The molecule has 1 nitrogen and oxygen atoms in total. The van der Waals surface area contributed by atoms with E-state index in [0.717, 1.165) is 23.8 Å². The minimum absolute atomic E-state index is 0.741. The van der Waals surface area contributed by atoms with Gasteiger partial charge in [0.2, 0.25) is 0 Å². The van der Waals surface area contributed by atoms with Crippen LogP contribution in [0.15, 0.2) is 0 Å². The lowest BCUT2D eigenvalue weighted by molar-refractivity contribution is 0.352. The van der Waals surface area contributed by atoms with Gasteiger partial charge in [-0.2, -0.15) is 0 Å². The Bertz CT molecular complexity index is 170. The standard InChI is InChI=1S/C14H27N/c1-3-4-5-11(2)15-10-14(12-6-7-12)13-8-9-13/h11-15H,3-10H2,1-2H3. The van der Waals surface area contributed by atoms with Gasteiger partial charge in [-0.3, -0.25) is 0 Å². The van der Waals surface area contributed by atoms with Crippen LogP contribution >= 0.6 is 0 Å². The molecule has 0 bridgehead atoms. The van der Waals surface area contributed by atoms with Crippen molar-refractivity contribution in [2.45, 2.75) is 64.8 Å². The Morgan fingerprint density at radius 3 is 2.20 bits per heavy atom. The molecule has 0 saturated heterocycles. The summed E-state index contributed by atoms with van der Waals surface area (Å²) >= 11 is 0. The average molecular weight is 209 g/mol. The van der Waals surface area contributed by atoms with Crippen LogP contribution < -0.4 is 5.32 Å². The summed E-state index contributed by atoms with van der Waals surface area (Å²) in [4.78, 5) is 0. The molecule has 0 heterocycles. The van der Waals surface area contributed by atoms with Crippen molar-refractivity contribution in [2.75, 3.05) is 6.54 Å². The minimum atomic E-state index is 0.741. The van der Waals surface area contributed by atoms with Gasteiger partial charge in [0.25, 0.3) is 0 Å². The fourth-order valence-corrected chi connectivity index (χ4v) is 2.72. The second-order valence-corrected chi connectivity index (χ2v) is 5.79. The predicted octanol–water partition coefficient (Wildman–Crippen LogP) is 3.59. The molecule has 0 aromatic heterocycles. The highest BCUT2D eigenvalue weighted by Gasteiger charge is 2.40. The monoisotopic (exact) mass is 209 g/mol. The van der Waals surface area contributed by atoms with Gasteiger partial charge >= 0.3 is 0 Å². The van der Waals surface area contributed by atoms with Gasteiger partial charge in [0.1, 0.15) is 0 Å². The van der Waals surface area contributed by atoms with Crippen LogP contribution in [-0.4, -0.2) is 12.6 Å². The van der Waals surface area contributed by atoms with Crippen LogP contribution in [0.3, 0.4) is 0 Å². The Labute approximate surface area is 95.0 Å². The lowest BCUT2D eigenvalue weighted by Gasteiger charge is -2.20. The van der Waals surface area contributed by atoms with Crippen LogP contribution in [0, 0.1) is 17.8 Å². The van der Waals surface area contributed by atoms with E-state index in [4.69, 9.17) is 0 Å². The van der Waals surface area contributed by atoms with Gasteiger partial charge in [-0.05, 0) is 63.3 Å². The molecule has 2 saturated carbocycles. The lowest BCUT2D eigenvalue weighted by Crippen LogP contribution is -2.32. The summed E-state index contributed by atoms with van der Waals surface area (Å²) < 4.78 is 0. The van der Waals surface area contributed by atoms with Crippen molar-refractivity contribution >= 4 is 0 Å². The Kier molecular flexibility index (Phi) is 4.07. The zero-order valence-corrected chi connectivity index (χ0v) is 10.5. The summed E-state index contributed by atoms with van der Waals surface area (Å²) in [6, 6.07) is 0.741. The molecular formula is C14H27N. The molecule has 0 aliphatic heterocycles. The second kappa shape index (κ2) is 5.34. The van der Waals surface area contributed by atoms with Crippen molar-refractivity contribution in [3.63, 3.8) is 0 Å². The van der Waals surface area contributed by atoms with Gasteiger partial charge in [-0.15, -0.1) is 0 Å². The van der Waals surface area contributed by atoms with Crippen molar-refractivity contribution in [3.8, 4) is 0 Å². The highest BCUT2D eigenvalue weighted by atomic mass is 14.9. The van der Waals surface area contributed by atoms with Gasteiger partial charge in [-0.1, -0.05) is 19.8 Å². The molecule has 1 atom stereocenters. The first-order valence-electron chi connectivity index (χ1n) is 7.04. The van der Waals surface area contributed by atoms with E-state index in [0.29, 0.717) is 0 Å². The first-order chi connectivity index (χ1) is 7.31. The summed E-state index contributed by atoms with van der Waals surface area (Å²) in [7, 11) is 0. The predicted molar refractivity (Wildman–Crippen MR) is 65.9 cm³/mol. The second-order valence-electron chi connectivity index (χ2n) is 5.79. The smallest absolute Gasteiger partial charge is 0.00388 e. The van der Waals surface area contributed by atoms with E-state index in [9.17, 15) is 0 Å². The summed E-state index contributed by atoms with van der Waals surface area (Å²) in [5.74, 6) is 3.24. The maximum atomic E-state index is 3.76. The Hall–Kier alpha value is -0.0400. The fraction of sp³-hybridized carbons (Fsp3) is 1.00. The molecule has 0 aromatic rings. The van der Waals surface area contributed by atoms with E-state index in [1.54, 1.807) is 0 Å². The zero-order valence-electron chi connectivity index (χ0n) is 10.5. The highest BCUT2D eigenvalue weighted by Crippen LogP contribution is 2.48. The van der Waals surface area contributed by atoms with Crippen LogP contribution in [0.2, 0.25) is 0 Å². The summed E-state index contributed by atoms with van der Waals surface area (Å²) in [5.41, 5.74) is 0. The molecule has 0 aromatic carbocycles. The van der Waals surface area contributed by atoms with Crippen molar-refractivity contribution < 1.29 is 0 Å². The zero-order chi connectivity index (χ0) is 10.7. The first kappa shape index (κ1) is 11.4. The number of hydrogen-bond donors (Lipinski definition) is 1. The van der Waals surface area contributed by atoms with E-state index in [1.807, 2.05) is 0 Å². The molecule has 0 amide bonds. The molecule has 2 rings (SSSR count). The molecular weight excluding hydrogens is 182 g/mol. The third-order valence-electron chi connectivity index (χ3n) is 4.15. The van der Waals surface area contributed by atoms with Crippen molar-refractivity contribution in [1.29, 1.82) is 0 Å². The van der Waals surface area contributed by atoms with Crippen LogP contribution in [0.4, 0.5) is 0 Å². The maximum Gasteiger partial charge on any atom is 0.00388 e. The van der Waals surface area contributed by atoms with Gasteiger partial charge in [-0.25, -0.2) is 0 Å². The number of unbranched alkanes of at least 4 members (excludes halogenated alkanes) is 1. The van der Waals surface area contributed by atoms with Crippen LogP contribution in [0.25, 0.3) is 0 Å². The number of hydrogen-bond acceptors (Lipinski definition) is 1. The fourth-order valence-electron chi connectivity index (χ4n) is 2.72. The summed E-state index contributed by atoms with van der Waals surface area (Å²) in [6.45, 7) is 5.94. The molecule has 2 aliphatic carbocycles. The third-order valence-corrected chi connectivity index (χ3v) is 4.15. The summed E-state index contributed by atoms with van der Waals surface area (Å²) in [5, 5.41) is 3.76. The van der Waals surface area contributed by atoms with Crippen molar-refractivity contribution in [2.24, 2.45) is 17.8 Å². The Morgan fingerprint density at radius 2 is 1.73 bits per heavy atom. The van der Waals surface area contributed by atoms with E-state index >= 15 is 0 Å². The number of nitrogens with one attached hydrogen (secondary N) is 1.